The van der Waals surface area contributed by atoms with Crippen molar-refractivity contribution in [3.63, 3.8) is 0 Å². The summed E-state index contributed by atoms with van der Waals surface area (Å²) in [5, 5.41) is 10.7. The van der Waals surface area contributed by atoms with Crippen LogP contribution in [0.2, 0.25) is 0 Å². The number of benzene rings is 2. The second-order valence-corrected chi connectivity index (χ2v) is 8.00. The third-order valence-corrected chi connectivity index (χ3v) is 5.12. The van der Waals surface area contributed by atoms with E-state index in [1.54, 1.807) is 12.1 Å². The number of esters is 1. The maximum Gasteiger partial charge on any atom is 0.329 e. The van der Waals surface area contributed by atoms with Gasteiger partial charge < -0.3 is 14.5 Å². The quantitative estimate of drug-likeness (QED) is 0.516. The second kappa shape index (κ2) is 9.67. The maximum atomic E-state index is 12.6. The van der Waals surface area contributed by atoms with Crippen molar-refractivity contribution in [3.05, 3.63) is 70.0 Å². The number of carbonyl (C=O) groups is 2. The molecule has 1 aromatic heterocycles. The van der Waals surface area contributed by atoms with E-state index in [4.69, 9.17) is 9.15 Å². The number of amides is 1. The maximum absolute atomic E-state index is 12.6. The lowest BCUT2D eigenvalue weighted by atomic mass is 10.0. The van der Waals surface area contributed by atoms with Crippen molar-refractivity contribution in [2.75, 3.05) is 0 Å². The van der Waals surface area contributed by atoms with Gasteiger partial charge in [-0.05, 0) is 53.0 Å². The van der Waals surface area contributed by atoms with Crippen molar-refractivity contribution in [2.45, 2.75) is 33.4 Å². The first-order valence-corrected chi connectivity index (χ1v) is 10.3. The SMILES string of the molecule is Cc1ccc(C(=O)N[C@H](C(=O)OCc2nnc(-c3ccccc3Br)o2)C(C)C)cc1. The first kappa shape index (κ1) is 21.7. The van der Waals surface area contributed by atoms with Crippen LogP contribution in [0, 0.1) is 12.8 Å². The minimum absolute atomic E-state index is 0.162. The number of rotatable bonds is 7. The zero-order valence-electron chi connectivity index (χ0n) is 16.9. The summed E-state index contributed by atoms with van der Waals surface area (Å²) in [5.41, 5.74) is 2.27. The molecular formula is C22H22BrN3O4. The van der Waals surface area contributed by atoms with Gasteiger partial charge in [-0.2, -0.15) is 0 Å². The van der Waals surface area contributed by atoms with Gasteiger partial charge in [0.05, 0.1) is 5.56 Å². The van der Waals surface area contributed by atoms with Crippen LogP contribution in [0.4, 0.5) is 0 Å². The first-order valence-electron chi connectivity index (χ1n) is 9.46. The number of hydrogen-bond donors (Lipinski definition) is 1. The smallest absolute Gasteiger partial charge is 0.329 e. The summed E-state index contributed by atoms with van der Waals surface area (Å²) < 4.78 is 11.7. The van der Waals surface area contributed by atoms with Gasteiger partial charge in [-0.1, -0.05) is 43.7 Å². The third kappa shape index (κ3) is 5.33. The molecule has 0 radical (unpaired) electrons. The van der Waals surface area contributed by atoms with E-state index in [2.05, 4.69) is 31.4 Å². The number of nitrogens with zero attached hydrogens (tertiary/aromatic N) is 2. The average Bonchev–Trinajstić information content (AvgIpc) is 3.19. The first-order chi connectivity index (χ1) is 14.3. The van der Waals surface area contributed by atoms with Gasteiger partial charge in [-0.15, -0.1) is 10.2 Å². The van der Waals surface area contributed by atoms with Crippen LogP contribution in [0.15, 0.2) is 57.4 Å². The lowest BCUT2D eigenvalue weighted by Crippen LogP contribution is -2.45. The summed E-state index contributed by atoms with van der Waals surface area (Å²) in [4.78, 5) is 25.1. The van der Waals surface area contributed by atoms with Gasteiger partial charge in [-0.3, -0.25) is 4.79 Å². The van der Waals surface area contributed by atoms with E-state index >= 15 is 0 Å². The molecule has 7 nitrogen and oxygen atoms in total. The molecule has 0 saturated carbocycles. The highest BCUT2D eigenvalue weighted by Crippen LogP contribution is 2.26. The van der Waals surface area contributed by atoms with Crippen molar-refractivity contribution in [2.24, 2.45) is 5.92 Å². The molecule has 0 bridgehead atoms. The fourth-order valence-corrected chi connectivity index (χ4v) is 3.16. The molecule has 0 unspecified atom stereocenters. The van der Waals surface area contributed by atoms with Crippen molar-refractivity contribution < 1.29 is 18.7 Å². The number of hydrogen-bond acceptors (Lipinski definition) is 6. The molecule has 1 amide bonds. The Kier molecular flexibility index (Phi) is 6.99. The summed E-state index contributed by atoms with van der Waals surface area (Å²) in [6.45, 7) is 5.42. The van der Waals surface area contributed by atoms with Crippen LogP contribution in [0.3, 0.4) is 0 Å². The van der Waals surface area contributed by atoms with E-state index in [1.807, 2.05) is 57.2 Å². The molecule has 0 saturated heterocycles. The Bertz CT molecular complexity index is 1030. The van der Waals surface area contributed by atoms with Crippen molar-refractivity contribution in [1.82, 2.24) is 15.5 Å². The summed E-state index contributed by atoms with van der Waals surface area (Å²) in [6.07, 6.45) is 0. The summed E-state index contributed by atoms with van der Waals surface area (Å²) >= 11 is 3.43. The molecule has 1 atom stereocenters. The Morgan fingerprint density at radius 3 is 2.47 bits per heavy atom. The van der Waals surface area contributed by atoms with Gasteiger partial charge in [0.15, 0.2) is 6.61 Å². The van der Waals surface area contributed by atoms with E-state index in [1.165, 1.54) is 0 Å². The number of nitrogens with one attached hydrogen (secondary N) is 1. The van der Waals surface area contributed by atoms with Crippen molar-refractivity contribution in [3.8, 4) is 11.5 Å². The molecule has 1 N–H and O–H groups in total. The van der Waals surface area contributed by atoms with Gasteiger partial charge >= 0.3 is 5.97 Å². The molecule has 3 aromatic rings. The highest BCUT2D eigenvalue weighted by molar-refractivity contribution is 9.10. The number of ether oxygens (including phenoxy) is 1. The number of aromatic nitrogens is 2. The van der Waals surface area contributed by atoms with Gasteiger partial charge in [0.25, 0.3) is 11.8 Å². The Balaban J connectivity index is 1.62. The zero-order chi connectivity index (χ0) is 21.7. The van der Waals surface area contributed by atoms with Crippen LogP contribution in [-0.4, -0.2) is 28.1 Å². The Labute approximate surface area is 183 Å². The van der Waals surface area contributed by atoms with E-state index in [0.29, 0.717) is 11.5 Å². The van der Waals surface area contributed by atoms with Crippen LogP contribution in [0.1, 0.15) is 35.7 Å². The van der Waals surface area contributed by atoms with E-state index in [-0.39, 0.29) is 24.3 Å². The molecule has 0 aliphatic heterocycles. The van der Waals surface area contributed by atoms with Crippen LogP contribution < -0.4 is 5.32 Å². The lowest BCUT2D eigenvalue weighted by molar-refractivity contribution is -0.149. The molecule has 1 heterocycles. The Morgan fingerprint density at radius 2 is 1.80 bits per heavy atom. The van der Waals surface area contributed by atoms with Crippen LogP contribution in [0.5, 0.6) is 0 Å². The predicted octanol–water partition coefficient (Wildman–Crippen LogP) is 4.31. The third-order valence-electron chi connectivity index (χ3n) is 4.43. The fraction of sp³-hybridized carbons (Fsp3) is 0.273. The number of aryl methyl sites for hydroxylation is 1. The minimum Gasteiger partial charge on any atom is -0.454 e. The molecule has 30 heavy (non-hydrogen) atoms. The van der Waals surface area contributed by atoms with Gasteiger partial charge in [0.1, 0.15) is 6.04 Å². The monoisotopic (exact) mass is 471 g/mol. The number of carbonyl (C=O) groups excluding carboxylic acids is 2. The number of halogens is 1. The molecule has 156 valence electrons. The van der Waals surface area contributed by atoms with E-state index in [0.717, 1.165) is 15.6 Å². The van der Waals surface area contributed by atoms with Gasteiger partial charge in [0, 0.05) is 10.0 Å². The molecule has 3 rings (SSSR count). The average molecular weight is 472 g/mol. The molecule has 8 heteroatoms. The summed E-state index contributed by atoms with van der Waals surface area (Å²) in [7, 11) is 0. The predicted molar refractivity (Wildman–Crippen MR) is 115 cm³/mol. The van der Waals surface area contributed by atoms with Crippen LogP contribution >= 0.6 is 15.9 Å². The minimum atomic E-state index is -0.801. The zero-order valence-corrected chi connectivity index (χ0v) is 18.5. The molecule has 2 aromatic carbocycles. The summed E-state index contributed by atoms with van der Waals surface area (Å²) in [5.74, 6) is -0.570. The fourth-order valence-electron chi connectivity index (χ4n) is 2.71. The standard InChI is InChI=1S/C22H22BrN3O4/c1-13(2)19(24-20(27)15-10-8-14(3)9-11-15)22(28)29-12-18-25-26-21(30-18)16-6-4-5-7-17(16)23/h4-11,13,19H,12H2,1-3H3,(H,24,27)/t19-/m0/s1. The highest BCUT2D eigenvalue weighted by Gasteiger charge is 2.27. The molecule has 0 fully saturated rings. The highest BCUT2D eigenvalue weighted by atomic mass is 79.9. The van der Waals surface area contributed by atoms with Crippen LogP contribution in [0.25, 0.3) is 11.5 Å². The van der Waals surface area contributed by atoms with Gasteiger partial charge in [-0.25, -0.2) is 4.79 Å². The van der Waals surface area contributed by atoms with Crippen molar-refractivity contribution in [1.29, 1.82) is 0 Å². The van der Waals surface area contributed by atoms with E-state index < -0.39 is 12.0 Å². The summed E-state index contributed by atoms with van der Waals surface area (Å²) in [6, 6.07) is 13.8. The Morgan fingerprint density at radius 1 is 1.10 bits per heavy atom. The molecule has 0 aliphatic carbocycles. The van der Waals surface area contributed by atoms with Gasteiger partial charge in [0.2, 0.25) is 5.89 Å². The molecular weight excluding hydrogens is 450 g/mol. The van der Waals surface area contributed by atoms with E-state index in [9.17, 15) is 9.59 Å². The Hall–Kier alpha value is -3.00. The van der Waals surface area contributed by atoms with Crippen molar-refractivity contribution >= 4 is 27.8 Å². The lowest BCUT2D eigenvalue weighted by Gasteiger charge is -2.20. The topological polar surface area (TPSA) is 94.3 Å². The molecule has 0 spiro atoms. The largest absolute Gasteiger partial charge is 0.454 e. The van der Waals surface area contributed by atoms with Crippen LogP contribution in [-0.2, 0) is 16.1 Å². The second-order valence-electron chi connectivity index (χ2n) is 7.15. The normalized spacial score (nSPS) is 11.9. The molecule has 0 aliphatic rings.